The van der Waals surface area contributed by atoms with E-state index in [-0.39, 0.29) is 0 Å². The molecule has 0 saturated carbocycles. The fraction of sp³-hybridized carbons (Fsp3) is 0.105. The van der Waals surface area contributed by atoms with Gasteiger partial charge >= 0.3 is 0 Å². The van der Waals surface area contributed by atoms with Crippen molar-refractivity contribution in [2.45, 2.75) is 13.5 Å². The van der Waals surface area contributed by atoms with Crippen molar-refractivity contribution in [3.8, 4) is 11.3 Å². The molecule has 1 amide bonds. The highest BCUT2D eigenvalue weighted by molar-refractivity contribution is 6.42. The molecular formula is C19H17Cl2N3O. The maximum absolute atomic E-state index is 11.5. The number of rotatable bonds is 5. The fourth-order valence-corrected chi connectivity index (χ4v) is 3.00. The number of primary amides is 1. The predicted octanol–water partition coefficient (Wildman–Crippen LogP) is 5.01. The van der Waals surface area contributed by atoms with Crippen LogP contribution in [0.3, 0.4) is 0 Å². The first kappa shape index (κ1) is 17.4. The fourth-order valence-electron chi connectivity index (χ4n) is 2.68. The summed E-state index contributed by atoms with van der Waals surface area (Å²) in [4.78, 5) is 14.7. The second kappa shape index (κ2) is 7.21. The zero-order chi connectivity index (χ0) is 18.0. The van der Waals surface area contributed by atoms with Gasteiger partial charge in [-0.15, -0.1) is 0 Å². The Morgan fingerprint density at radius 3 is 2.56 bits per heavy atom. The van der Waals surface area contributed by atoms with E-state index in [0.717, 1.165) is 28.2 Å². The van der Waals surface area contributed by atoms with E-state index in [1.165, 1.54) is 0 Å². The first-order valence-electron chi connectivity index (χ1n) is 7.72. The summed E-state index contributed by atoms with van der Waals surface area (Å²) in [5.41, 5.74) is 10.4. The summed E-state index contributed by atoms with van der Waals surface area (Å²) in [5, 5.41) is 4.46. The molecule has 0 aliphatic heterocycles. The predicted molar refractivity (Wildman–Crippen MR) is 103 cm³/mol. The number of hydrogen-bond donors (Lipinski definition) is 3. The Labute approximate surface area is 156 Å². The van der Waals surface area contributed by atoms with Gasteiger partial charge in [0.05, 0.1) is 15.6 Å². The number of carbonyl (C=O) groups is 1. The van der Waals surface area contributed by atoms with E-state index in [2.05, 4.69) is 10.3 Å². The molecule has 25 heavy (non-hydrogen) atoms. The molecule has 0 aliphatic rings. The summed E-state index contributed by atoms with van der Waals surface area (Å²) in [6.07, 6.45) is 0. The largest absolute Gasteiger partial charge is 0.380 e. The van der Waals surface area contributed by atoms with Crippen molar-refractivity contribution in [3.05, 3.63) is 75.4 Å². The van der Waals surface area contributed by atoms with E-state index in [0.29, 0.717) is 22.2 Å². The van der Waals surface area contributed by atoms with Crippen LogP contribution in [-0.4, -0.2) is 10.9 Å². The van der Waals surface area contributed by atoms with E-state index in [4.69, 9.17) is 28.9 Å². The van der Waals surface area contributed by atoms with Gasteiger partial charge in [-0.25, -0.2) is 0 Å². The van der Waals surface area contributed by atoms with Gasteiger partial charge in [-0.05, 0) is 36.8 Å². The second-order valence-electron chi connectivity index (χ2n) is 5.73. The van der Waals surface area contributed by atoms with Crippen LogP contribution in [0.1, 0.15) is 21.6 Å². The van der Waals surface area contributed by atoms with Crippen molar-refractivity contribution >= 4 is 34.8 Å². The smallest absolute Gasteiger partial charge is 0.250 e. The maximum atomic E-state index is 11.5. The number of benzene rings is 2. The molecule has 0 saturated heterocycles. The summed E-state index contributed by atoms with van der Waals surface area (Å²) in [7, 11) is 0. The molecule has 6 heteroatoms. The van der Waals surface area contributed by atoms with E-state index in [9.17, 15) is 4.79 Å². The number of aryl methyl sites for hydroxylation is 1. The van der Waals surface area contributed by atoms with Gasteiger partial charge in [-0.2, -0.15) is 0 Å². The van der Waals surface area contributed by atoms with Crippen molar-refractivity contribution < 1.29 is 4.79 Å². The summed E-state index contributed by atoms with van der Waals surface area (Å²) in [6, 6.07) is 15.2. The van der Waals surface area contributed by atoms with Crippen LogP contribution in [0.2, 0.25) is 10.0 Å². The highest BCUT2D eigenvalue weighted by atomic mass is 35.5. The van der Waals surface area contributed by atoms with Gasteiger partial charge in [0, 0.05) is 29.2 Å². The lowest BCUT2D eigenvalue weighted by Crippen LogP contribution is -2.10. The molecule has 0 spiro atoms. The number of aromatic amines is 1. The number of amides is 1. The molecule has 0 unspecified atom stereocenters. The molecule has 4 nitrogen and oxygen atoms in total. The van der Waals surface area contributed by atoms with Crippen LogP contribution >= 0.6 is 23.2 Å². The Bertz CT molecular complexity index is 934. The lowest BCUT2D eigenvalue weighted by molar-refractivity contribution is 0.1000. The third-order valence-corrected chi connectivity index (χ3v) is 4.70. The van der Waals surface area contributed by atoms with E-state index in [1.54, 1.807) is 12.1 Å². The molecule has 0 atom stereocenters. The van der Waals surface area contributed by atoms with Gasteiger partial charge in [0.2, 0.25) is 0 Å². The number of halogens is 2. The van der Waals surface area contributed by atoms with Crippen LogP contribution in [0.5, 0.6) is 0 Å². The third-order valence-electron chi connectivity index (χ3n) is 3.96. The number of aromatic nitrogens is 1. The average Bonchev–Trinajstić information content (AvgIpc) is 2.98. The number of H-pyrrole nitrogens is 1. The molecule has 0 fully saturated rings. The Morgan fingerprint density at radius 1 is 1.12 bits per heavy atom. The Hall–Kier alpha value is -2.43. The lowest BCUT2D eigenvalue weighted by Gasteiger charge is -2.12. The number of para-hydroxylation sites is 1. The molecule has 0 aliphatic carbocycles. The molecule has 1 heterocycles. The Balaban J connectivity index is 1.87. The molecule has 3 rings (SSSR count). The van der Waals surface area contributed by atoms with Crippen molar-refractivity contribution in [1.29, 1.82) is 0 Å². The zero-order valence-electron chi connectivity index (χ0n) is 13.6. The van der Waals surface area contributed by atoms with Crippen LogP contribution in [0.15, 0.2) is 48.5 Å². The van der Waals surface area contributed by atoms with Crippen LogP contribution < -0.4 is 11.1 Å². The Kier molecular flexibility index (Phi) is 5.02. The maximum Gasteiger partial charge on any atom is 0.250 e. The van der Waals surface area contributed by atoms with E-state index < -0.39 is 5.91 Å². The standard InChI is InChI=1S/C19H17Cl2N3O/c1-11-14(19(22)25)9-18(24-11)13-4-2-3-5-17(13)23-10-12-6-7-15(20)16(21)8-12/h2-9,23-24H,10H2,1H3,(H2,22,25). The van der Waals surface area contributed by atoms with Crippen molar-refractivity contribution in [2.75, 3.05) is 5.32 Å². The molecule has 128 valence electrons. The van der Waals surface area contributed by atoms with E-state index >= 15 is 0 Å². The first-order valence-corrected chi connectivity index (χ1v) is 8.48. The highest BCUT2D eigenvalue weighted by Crippen LogP contribution is 2.29. The topological polar surface area (TPSA) is 70.9 Å². The Morgan fingerprint density at radius 2 is 1.88 bits per heavy atom. The van der Waals surface area contributed by atoms with Gasteiger partial charge in [0.25, 0.3) is 5.91 Å². The molecule has 3 aromatic rings. The summed E-state index contributed by atoms with van der Waals surface area (Å²) >= 11 is 12.0. The quantitative estimate of drug-likeness (QED) is 0.588. The second-order valence-corrected chi connectivity index (χ2v) is 6.55. The van der Waals surface area contributed by atoms with Crippen molar-refractivity contribution in [3.63, 3.8) is 0 Å². The first-order chi connectivity index (χ1) is 12.0. The number of nitrogens with one attached hydrogen (secondary N) is 2. The van der Waals surface area contributed by atoms with Gasteiger partial charge in [-0.3, -0.25) is 4.79 Å². The van der Waals surface area contributed by atoms with Crippen LogP contribution in [0.25, 0.3) is 11.3 Å². The summed E-state index contributed by atoms with van der Waals surface area (Å²) in [6.45, 7) is 2.42. The molecule has 0 radical (unpaired) electrons. The zero-order valence-corrected chi connectivity index (χ0v) is 15.1. The van der Waals surface area contributed by atoms with Gasteiger partial charge in [-0.1, -0.05) is 47.5 Å². The van der Waals surface area contributed by atoms with Crippen LogP contribution in [0, 0.1) is 6.92 Å². The van der Waals surface area contributed by atoms with Gasteiger partial charge in [0.15, 0.2) is 0 Å². The van der Waals surface area contributed by atoms with Gasteiger partial charge in [0.1, 0.15) is 0 Å². The van der Waals surface area contributed by atoms with Crippen LogP contribution in [0.4, 0.5) is 5.69 Å². The summed E-state index contributed by atoms with van der Waals surface area (Å²) < 4.78 is 0. The highest BCUT2D eigenvalue weighted by Gasteiger charge is 2.13. The SMILES string of the molecule is Cc1[nH]c(-c2ccccc2NCc2ccc(Cl)c(Cl)c2)cc1C(N)=O. The summed E-state index contributed by atoms with van der Waals surface area (Å²) in [5.74, 6) is -0.443. The monoisotopic (exact) mass is 373 g/mol. The third kappa shape index (κ3) is 3.81. The molecule has 0 bridgehead atoms. The number of hydrogen-bond acceptors (Lipinski definition) is 2. The normalized spacial score (nSPS) is 10.7. The van der Waals surface area contributed by atoms with E-state index in [1.807, 2.05) is 43.3 Å². The molecular weight excluding hydrogens is 357 g/mol. The van der Waals surface area contributed by atoms with Crippen molar-refractivity contribution in [1.82, 2.24) is 4.98 Å². The minimum absolute atomic E-state index is 0.443. The minimum atomic E-state index is -0.443. The van der Waals surface area contributed by atoms with Crippen molar-refractivity contribution in [2.24, 2.45) is 5.73 Å². The van der Waals surface area contributed by atoms with Crippen LogP contribution in [-0.2, 0) is 6.54 Å². The molecule has 2 aromatic carbocycles. The molecule has 1 aromatic heterocycles. The number of nitrogens with two attached hydrogens (primary N) is 1. The minimum Gasteiger partial charge on any atom is -0.380 e. The average molecular weight is 374 g/mol. The number of carbonyl (C=O) groups excluding carboxylic acids is 1. The lowest BCUT2D eigenvalue weighted by atomic mass is 10.1. The number of anilines is 1. The molecule has 4 N–H and O–H groups in total. The van der Waals surface area contributed by atoms with Gasteiger partial charge < -0.3 is 16.0 Å².